The summed E-state index contributed by atoms with van der Waals surface area (Å²) >= 11 is 1.64. The van der Waals surface area contributed by atoms with Crippen LogP contribution in [0.15, 0.2) is 54.3 Å². The third-order valence-electron chi connectivity index (χ3n) is 3.89. The van der Waals surface area contributed by atoms with Crippen LogP contribution in [0.4, 0.5) is 5.95 Å². The van der Waals surface area contributed by atoms with Gasteiger partial charge in [0.05, 0.1) is 34.8 Å². The molecule has 0 atom stereocenters. The number of nitrogens with one attached hydrogen (secondary N) is 1. The topological polar surface area (TPSA) is 68.5 Å². The van der Waals surface area contributed by atoms with Gasteiger partial charge in [0.2, 0.25) is 5.95 Å². The number of nitrogens with zero attached hydrogens (tertiary/aromatic N) is 5. The van der Waals surface area contributed by atoms with Crippen LogP contribution in [-0.4, -0.2) is 24.7 Å². The molecule has 0 saturated heterocycles. The van der Waals surface area contributed by atoms with Crippen LogP contribution in [0.2, 0.25) is 0 Å². The van der Waals surface area contributed by atoms with Gasteiger partial charge in [0.25, 0.3) is 0 Å². The molecule has 3 heterocycles. The molecule has 0 bridgehead atoms. The third kappa shape index (κ3) is 3.62. The molecule has 130 valence electrons. The molecule has 0 aliphatic carbocycles. The molecule has 0 saturated carbocycles. The minimum absolute atomic E-state index is 0.580. The summed E-state index contributed by atoms with van der Waals surface area (Å²) < 4.78 is 1.86. The van der Waals surface area contributed by atoms with Crippen LogP contribution in [0.5, 0.6) is 0 Å². The molecule has 3 aromatic heterocycles. The van der Waals surface area contributed by atoms with E-state index in [1.165, 1.54) is 5.56 Å². The molecule has 0 radical (unpaired) electrons. The van der Waals surface area contributed by atoms with Crippen LogP contribution in [0.25, 0.3) is 16.9 Å². The number of hydrogen-bond acceptors (Lipinski definition) is 6. The van der Waals surface area contributed by atoms with Gasteiger partial charge in [-0.3, -0.25) is 0 Å². The molecule has 0 fully saturated rings. The Kier molecular flexibility index (Phi) is 4.45. The van der Waals surface area contributed by atoms with Gasteiger partial charge in [0.15, 0.2) is 0 Å². The summed E-state index contributed by atoms with van der Waals surface area (Å²) in [5, 5.41) is 10.8. The Labute approximate surface area is 155 Å². The molecule has 4 aromatic rings. The molecule has 1 N–H and O–H groups in total. The van der Waals surface area contributed by atoms with Crippen LogP contribution in [-0.2, 0) is 6.54 Å². The fourth-order valence-corrected chi connectivity index (χ4v) is 3.24. The van der Waals surface area contributed by atoms with Crippen molar-refractivity contribution in [3.05, 3.63) is 70.6 Å². The largest absolute Gasteiger partial charge is 0.349 e. The summed E-state index contributed by atoms with van der Waals surface area (Å²) in [6.07, 6.45) is 5.55. The highest BCUT2D eigenvalue weighted by molar-refractivity contribution is 7.09. The highest BCUT2D eigenvalue weighted by Gasteiger charge is 2.07. The highest BCUT2D eigenvalue weighted by atomic mass is 32.1. The van der Waals surface area contributed by atoms with Gasteiger partial charge in [0, 0.05) is 23.3 Å². The maximum absolute atomic E-state index is 4.59. The summed E-state index contributed by atoms with van der Waals surface area (Å²) in [5.74, 6) is 0.580. The second kappa shape index (κ2) is 7.05. The number of benzene rings is 1. The molecule has 4 rings (SSSR count). The van der Waals surface area contributed by atoms with Crippen LogP contribution in [0, 0.1) is 13.8 Å². The zero-order valence-corrected chi connectivity index (χ0v) is 15.4. The first kappa shape index (κ1) is 16.4. The van der Waals surface area contributed by atoms with Crippen LogP contribution in [0.3, 0.4) is 0 Å². The Morgan fingerprint density at radius 2 is 2.08 bits per heavy atom. The Hall–Kier alpha value is -3.06. The van der Waals surface area contributed by atoms with Crippen molar-refractivity contribution in [1.29, 1.82) is 0 Å². The van der Waals surface area contributed by atoms with Gasteiger partial charge in [-0.05, 0) is 37.6 Å². The predicted octanol–water partition coefficient (Wildman–Crippen LogP) is 4.01. The highest BCUT2D eigenvalue weighted by Crippen LogP contribution is 2.19. The maximum Gasteiger partial charge on any atom is 0.223 e. The van der Waals surface area contributed by atoms with Crippen molar-refractivity contribution in [2.45, 2.75) is 20.4 Å². The summed E-state index contributed by atoms with van der Waals surface area (Å²) in [5.41, 5.74) is 5.00. The first-order valence-electron chi connectivity index (χ1n) is 8.27. The van der Waals surface area contributed by atoms with Gasteiger partial charge >= 0.3 is 0 Å². The molecule has 0 aliphatic heterocycles. The van der Waals surface area contributed by atoms with Crippen LogP contribution >= 0.6 is 11.3 Å². The SMILES string of the molecule is Cc1cccc(-n2cc(-c3ccnc(NCc4csc(C)n4)n3)cn2)c1. The van der Waals surface area contributed by atoms with Crippen molar-refractivity contribution < 1.29 is 0 Å². The minimum atomic E-state index is 0.580. The lowest BCUT2D eigenvalue weighted by Crippen LogP contribution is -2.04. The quantitative estimate of drug-likeness (QED) is 0.581. The van der Waals surface area contributed by atoms with Crippen molar-refractivity contribution in [2.75, 3.05) is 5.32 Å². The second-order valence-electron chi connectivity index (χ2n) is 5.99. The van der Waals surface area contributed by atoms with E-state index in [4.69, 9.17) is 0 Å². The molecule has 0 amide bonds. The van der Waals surface area contributed by atoms with Gasteiger partial charge in [-0.2, -0.15) is 5.10 Å². The molecular weight excluding hydrogens is 344 g/mol. The number of aryl methyl sites for hydroxylation is 2. The normalized spacial score (nSPS) is 10.8. The standard InChI is InChI=1S/C19H18N6S/c1-13-4-3-5-17(8-13)25-11-15(9-22-25)18-6-7-20-19(24-18)21-10-16-12-26-14(2)23-16/h3-9,11-12H,10H2,1-2H3,(H,20,21,24). The molecule has 0 spiro atoms. The van der Waals surface area contributed by atoms with Gasteiger partial charge in [-0.15, -0.1) is 11.3 Å². The van der Waals surface area contributed by atoms with E-state index in [1.807, 2.05) is 47.6 Å². The van der Waals surface area contributed by atoms with E-state index < -0.39 is 0 Å². The van der Waals surface area contributed by atoms with E-state index in [2.05, 4.69) is 44.4 Å². The number of hydrogen-bond donors (Lipinski definition) is 1. The van der Waals surface area contributed by atoms with E-state index in [9.17, 15) is 0 Å². The van der Waals surface area contributed by atoms with Crippen LogP contribution in [0.1, 0.15) is 16.3 Å². The van der Waals surface area contributed by atoms with Crippen molar-refractivity contribution in [3.8, 4) is 16.9 Å². The van der Waals surface area contributed by atoms with E-state index >= 15 is 0 Å². The lowest BCUT2D eigenvalue weighted by Gasteiger charge is -2.04. The smallest absolute Gasteiger partial charge is 0.223 e. The van der Waals surface area contributed by atoms with Crippen molar-refractivity contribution in [2.24, 2.45) is 0 Å². The van der Waals surface area contributed by atoms with E-state index in [0.717, 1.165) is 27.6 Å². The third-order valence-corrected chi connectivity index (χ3v) is 4.72. The fraction of sp³-hybridized carbons (Fsp3) is 0.158. The summed E-state index contributed by atoms with van der Waals surface area (Å²) in [6, 6.07) is 10.1. The average Bonchev–Trinajstić information content (AvgIpc) is 3.29. The van der Waals surface area contributed by atoms with Crippen molar-refractivity contribution >= 4 is 17.3 Å². The van der Waals surface area contributed by atoms with Crippen LogP contribution < -0.4 is 5.32 Å². The summed E-state index contributed by atoms with van der Waals surface area (Å²) in [7, 11) is 0. The Morgan fingerprint density at radius 1 is 1.15 bits per heavy atom. The Bertz CT molecular complexity index is 1040. The molecule has 26 heavy (non-hydrogen) atoms. The van der Waals surface area contributed by atoms with Crippen molar-refractivity contribution in [3.63, 3.8) is 0 Å². The maximum atomic E-state index is 4.59. The molecular formula is C19H18N6S. The summed E-state index contributed by atoms with van der Waals surface area (Å²) in [6.45, 7) is 4.67. The number of anilines is 1. The molecule has 7 heteroatoms. The minimum Gasteiger partial charge on any atom is -0.349 e. The lowest BCUT2D eigenvalue weighted by molar-refractivity contribution is 0.879. The monoisotopic (exact) mass is 362 g/mol. The second-order valence-corrected chi connectivity index (χ2v) is 7.05. The van der Waals surface area contributed by atoms with Gasteiger partial charge in [-0.1, -0.05) is 12.1 Å². The molecule has 0 aliphatic rings. The van der Waals surface area contributed by atoms with Gasteiger partial charge < -0.3 is 5.32 Å². The number of aromatic nitrogens is 5. The molecule has 1 aromatic carbocycles. The first-order chi connectivity index (χ1) is 12.7. The predicted molar refractivity (Wildman–Crippen MR) is 104 cm³/mol. The summed E-state index contributed by atoms with van der Waals surface area (Å²) in [4.78, 5) is 13.3. The fourth-order valence-electron chi connectivity index (χ4n) is 2.63. The number of thiazole rings is 1. The van der Waals surface area contributed by atoms with E-state index in [0.29, 0.717) is 12.5 Å². The Balaban J connectivity index is 1.53. The van der Waals surface area contributed by atoms with E-state index in [-0.39, 0.29) is 0 Å². The first-order valence-corrected chi connectivity index (χ1v) is 9.15. The zero-order chi connectivity index (χ0) is 17.9. The zero-order valence-electron chi connectivity index (χ0n) is 14.5. The Morgan fingerprint density at radius 3 is 2.88 bits per heavy atom. The van der Waals surface area contributed by atoms with Crippen molar-refractivity contribution in [1.82, 2.24) is 24.7 Å². The average molecular weight is 362 g/mol. The molecule has 0 unspecified atom stereocenters. The lowest BCUT2D eigenvalue weighted by atomic mass is 10.2. The van der Waals surface area contributed by atoms with Gasteiger partial charge in [-0.25, -0.2) is 19.6 Å². The number of rotatable bonds is 5. The van der Waals surface area contributed by atoms with E-state index in [1.54, 1.807) is 17.5 Å². The molecule has 6 nitrogen and oxygen atoms in total. The van der Waals surface area contributed by atoms with Gasteiger partial charge in [0.1, 0.15) is 0 Å².